The number of carbonyl (C=O) groups excluding carboxylic acids is 2. The van der Waals surface area contributed by atoms with Crippen molar-refractivity contribution >= 4 is 35.1 Å². The topological polar surface area (TPSA) is 69.6 Å². The number of hydrogen-bond donors (Lipinski definition) is 0. The molecule has 0 N–H and O–H groups in total. The summed E-state index contributed by atoms with van der Waals surface area (Å²) in [7, 11) is 0. The summed E-state index contributed by atoms with van der Waals surface area (Å²) in [5.74, 6) is 0.363. The maximum Gasteiger partial charge on any atom is 0.251 e. The molecule has 0 radical (unpaired) electrons. The summed E-state index contributed by atoms with van der Waals surface area (Å²) in [5, 5.41) is 0.573. The molecule has 134 valence electrons. The number of amides is 2. The minimum absolute atomic E-state index is 0.165. The lowest BCUT2D eigenvalue weighted by molar-refractivity contribution is -0.123. The van der Waals surface area contributed by atoms with E-state index in [0.717, 1.165) is 13.1 Å². The van der Waals surface area contributed by atoms with Crippen molar-refractivity contribution in [1.82, 2.24) is 14.9 Å². The zero-order valence-electron chi connectivity index (χ0n) is 14.1. The van der Waals surface area contributed by atoms with E-state index in [1.165, 1.54) is 4.90 Å². The highest BCUT2D eigenvalue weighted by molar-refractivity contribution is 6.30. The first-order chi connectivity index (χ1) is 12.6. The number of piperazine rings is 1. The van der Waals surface area contributed by atoms with Crippen LogP contribution in [0.4, 0.5) is 11.6 Å². The van der Waals surface area contributed by atoms with Gasteiger partial charge in [-0.15, -0.1) is 0 Å². The van der Waals surface area contributed by atoms with Gasteiger partial charge < -0.3 is 4.90 Å². The molecule has 0 bridgehead atoms. The van der Waals surface area contributed by atoms with E-state index in [-0.39, 0.29) is 18.2 Å². The van der Waals surface area contributed by atoms with Gasteiger partial charge in [-0.05, 0) is 30.3 Å². The third-order valence-corrected chi connectivity index (χ3v) is 5.05. The molecule has 2 fully saturated rings. The predicted octanol–water partition coefficient (Wildman–Crippen LogP) is 1.58. The minimum atomic E-state index is -0.406. The van der Waals surface area contributed by atoms with Crippen LogP contribution in [0.2, 0.25) is 5.02 Å². The Hall–Kier alpha value is -2.51. The normalized spacial score (nSPS) is 21.5. The van der Waals surface area contributed by atoms with Gasteiger partial charge in [-0.2, -0.15) is 0 Å². The van der Waals surface area contributed by atoms with Crippen LogP contribution >= 0.6 is 11.6 Å². The van der Waals surface area contributed by atoms with E-state index in [1.807, 2.05) is 0 Å². The zero-order chi connectivity index (χ0) is 18.1. The Labute approximate surface area is 156 Å². The van der Waals surface area contributed by atoms with E-state index in [1.54, 1.807) is 42.7 Å². The number of nitrogens with zero attached hydrogens (tertiary/aromatic N) is 5. The summed E-state index contributed by atoms with van der Waals surface area (Å²) in [6.07, 6.45) is 3.65. The molecule has 1 aromatic heterocycles. The molecule has 8 heteroatoms. The molecule has 2 aromatic rings. The first-order valence-corrected chi connectivity index (χ1v) is 8.89. The Kier molecular flexibility index (Phi) is 4.57. The number of hydrogen-bond acceptors (Lipinski definition) is 6. The first kappa shape index (κ1) is 16.9. The summed E-state index contributed by atoms with van der Waals surface area (Å²) in [4.78, 5) is 39.2. The lowest BCUT2D eigenvalue weighted by Crippen LogP contribution is -2.53. The molecule has 1 atom stereocenters. The monoisotopic (exact) mass is 371 g/mol. The summed E-state index contributed by atoms with van der Waals surface area (Å²) < 4.78 is 0. The van der Waals surface area contributed by atoms with Crippen LogP contribution in [-0.4, -0.2) is 58.9 Å². The van der Waals surface area contributed by atoms with Gasteiger partial charge in [0, 0.05) is 43.6 Å². The smallest absolute Gasteiger partial charge is 0.251 e. The molecule has 0 unspecified atom stereocenters. The van der Waals surface area contributed by atoms with Crippen molar-refractivity contribution in [3.63, 3.8) is 0 Å². The average Bonchev–Trinajstić information content (AvgIpc) is 2.98. The third-order valence-electron chi connectivity index (χ3n) is 4.80. The van der Waals surface area contributed by atoms with Gasteiger partial charge >= 0.3 is 0 Å². The first-order valence-electron chi connectivity index (χ1n) is 8.52. The second-order valence-electron chi connectivity index (χ2n) is 6.34. The highest BCUT2D eigenvalue weighted by Crippen LogP contribution is 2.27. The lowest BCUT2D eigenvalue weighted by atomic mass is 10.2. The van der Waals surface area contributed by atoms with Gasteiger partial charge in [-0.3, -0.25) is 14.5 Å². The molecule has 0 spiro atoms. The van der Waals surface area contributed by atoms with Crippen LogP contribution in [0.25, 0.3) is 0 Å². The Morgan fingerprint density at radius 1 is 0.962 bits per heavy atom. The molecular weight excluding hydrogens is 354 g/mol. The fourth-order valence-electron chi connectivity index (χ4n) is 3.45. The van der Waals surface area contributed by atoms with E-state index < -0.39 is 6.04 Å². The molecule has 7 nitrogen and oxygen atoms in total. The number of imide groups is 1. The van der Waals surface area contributed by atoms with E-state index in [0.29, 0.717) is 29.7 Å². The number of benzene rings is 1. The van der Waals surface area contributed by atoms with Gasteiger partial charge in [0.15, 0.2) is 0 Å². The van der Waals surface area contributed by atoms with Crippen molar-refractivity contribution in [2.45, 2.75) is 12.5 Å². The number of carbonyl (C=O) groups is 2. The maximum atomic E-state index is 12.8. The molecule has 2 aliphatic rings. The largest absolute Gasteiger partial charge is 0.338 e. The van der Waals surface area contributed by atoms with E-state index in [2.05, 4.69) is 19.8 Å². The molecular formula is C18H18ClN5O2. The number of rotatable bonds is 3. The highest BCUT2D eigenvalue weighted by Gasteiger charge is 2.43. The Morgan fingerprint density at radius 2 is 1.62 bits per heavy atom. The van der Waals surface area contributed by atoms with Gasteiger partial charge in [-0.25, -0.2) is 14.9 Å². The van der Waals surface area contributed by atoms with E-state index in [4.69, 9.17) is 11.6 Å². The van der Waals surface area contributed by atoms with Crippen molar-refractivity contribution in [3.8, 4) is 0 Å². The number of halogens is 1. The molecule has 4 rings (SSSR count). The average molecular weight is 372 g/mol. The SMILES string of the molecule is O=C1C[C@@H](N2CCN(c3ncccn3)CC2)C(=O)N1c1ccc(Cl)cc1. The van der Waals surface area contributed by atoms with E-state index in [9.17, 15) is 9.59 Å². The summed E-state index contributed by atoms with van der Waals surface area (Å²) in [5.41, 5.74) is 0.572. The van der Waals surface area contributed by atoms with Crippen LogP contribution in [0, 0.1) is 0 Å². The number of anilines is 2. The van der Waals surface area contributed by atoms with Crippen LogP contribution in [0.15, 0.2) is 42.7 Å². The summed E-state index contributed by atoms with van der Waals surface area (Å²) in [6, 6.07) is 8.15. The second-order valence-corrected chi connectivity index (χ2v) is 6.77. The fourth-order valence-corrected chi connectivity index (χ4v) is 3.58. The van der Waals surface area contributed by atoms with Gasteiger partial charge in [0.05, 0.1) is 18.2 Å². The van der Waals surface area contributed by atoms with Crippen molar-refractivity contribution in [2.75, 3.05) is 36.0 Å². The Bertz CT molecular complexity index is 806. The van der Waals surface area contributed by atoms with Gasteiger partial charge in [0.1, 0.15) is 0 Å². The zero-order valence-corrected chi connectivity index (χ0v) is 14.8. The third kappa shape index (κ3) is 3.15. The van der Waals surface area contributed by atoms with Crippen molar-refractivity contribution in [3.05, 3.63) is 47.7 Å². The van der Waals surface area contributed by atoms with Gasteiger partial charge in [0.25, 0.3) is 5.91 Å². The highest BCUT2D eigenvalue weighted by atomic mass is 35.5. The Balaban J connectivity index is 1.44. The quantitative estimate of drug-likeness (QED) is 0.763. The summed E-state index contributed by atoms with van der Waals surface area (Å²) in [6.45, 7) is 2.83. The molecule has 2 aliphatic heterocycles. The van der Waals surface area contributed by atoms with E-state index >= 15 is 0 Å². The predicted molar refractivity (Wildman–Crippen MR) is 98.2 cm³/mol. The lowest BCUT2D eigenvalue weighted by Gasteiger charge is -2.36. The van der Waals surface area contributed by atoms with Gasteiger partial charge in [-0.1, -0.05) is 11.6 Å². The van der Waals surface area contributed by atoms with Crippen LogP contribution in [-0.2, 0) is 9.59 Å². The fraction of sp³-hybridized carbons (Fsp3) is 0.333. The minimum Gasteiger partial charge on any atom is -0.338 e. The molecule has 0 saturated carbocycles. The molecule has 2 amide bonds. The van der Waals surface area contributed by atoms with Crippen molar-refractivity contribution in [2.24, 2.45) is 0 Å². The molecule has 2 saturated heterocycles. The van der Waals surface area contributed by atoms with Crippen molar-refractivity contribution < 1.29 is 9.59 Å². The maximum absolute atomic E-state index is 12.8. The summed E-state index contributed by atoms with van der Waals surface area (Å²) >= 11 is 5.89. The Morgan fingerprint density at radius 3 is 2.27 bits per heavy atom. The van der Waals surface area contributed by atoms with Crippen molar-refractivity contribution in [1.29, 1.82) is 0 Å². The van der Waals surface area contributed by atoms with Crippen LogP contribution in [0.3, 0.4) is 0 Å². The molecule has 1 aromatic carbocycles. The standard InChI is InChI=1S/C18H18ClN5O2/c19-13-2-4-14(5-3-13)24-16(25)12-15(17(24)26)22-8-10-23(11-9-22)18-20-6-1-7-21-18/h1-7,15H,8-12H2/t15-/m1/s1. The van der Waals surface area contributed by atoms with Gasteiger partial charge in [0.2, 0.25) is 11.9 Å². The van der Waals surface area contributed by atoms with Crippen LogP contribution < -0.4 is 9.80 Å². The van der Waals surface area contributed by atoms with Crippen LogP contribution in [0.1, 0.15) is 6.42 Å². The molecule has 3 heterocycles. The molecule has 0 aliphatic carbocycles. The number of aromatic nitrogens is 2. The molecule has 26 heavy (non-hydrogen) atoms. The second kappa shape index (κ2) is 7.01. The van der Waals surface area contributed by atoms with Crippen LogP contribution in [0.5, 0.6) is 0 Å².